The van der Waals surface area contributed by atoms with Crippen LogP contribution >= 0.6 is 0 Å². The van der Waals surface area contributed by atoms with E-state index in [9.17, 15) is 0 Å². The van der Waals surface area contributed by atoms with Crippen LogP contribution in [0.2, 0.25) is 0 Å². The topological polar surface area (TPSA) is 6.48 Å². The van der Waals surface area contributed by atoms with E-state index in [-0.39, 0.29) is 27.1 Å². The van der Waals surface area contributed by atoms with Gasteiger partial charge in [0.2, 0.25) is 0 Å². The number of nitrogens with zero attached hydrogens (tertiary/aromatic N) is 2. The Hall–Kier alpha value is -10.5. The van der Waals surface area contributed by atoms with Crippen molar-refractivity contribution in [2.24, 2.45) is 0 Å². The molecule has 13 aromatic carbocycles. The van der Waals surface area contributed by atoms with Crippen molar-refractivity contribution in [2.75, 3.05) is 9.80 Å². The van der Waals surface area contributed by atoms with Gasteiger partial charge < -0.3 is 9.80 Å². The van der Waals surface area contributed by atoms with Gasteiger partial charge in [0.15, 0.2) is 0 Å². The van der Waals surface area contributed by atoms with Crippen LogP contribution in [0.3, 0.4) is 0 Å². The molecular formula is C137H168N2. The third-order valence-corrected chi connectivity index (χ3v) is 32.6. The third kappa shape index (κ3) is 23.6. The van der Waals surface area contributed by atoms with Gasteiger partial charge in [-0.3, -0.25) is 0 Å². The number of hydrogen-bond donors (Lipinski definition) is 0. The minimum atomic E-state index is -0.137. The molecule has 0 radical (unpaired) electrons. The van der Waals surface area contributed by atoms with Crippen molar-refractivity contribution in [1.82, 2.24) is 0 Å². The second-order valence-electron chi connectivity index (χ2n) is 44.5. The van der Waals surface area contributed by atoms with Gasteiger partial charge in [0.25, 0.3) is 0 Å². The number of anilines is 6. The highest BCUT2D eigenvalue weighted by Crippen LogP contribution is 2.61. The fraction of sp³-hybridized carbons (Fsp3) is 0.431. The van der Waals surface area contributed by atoms with Crippen molar-refractivity contribution in [2.45, 2.75) is 380 Å². The third-order valence-electron chi connectivity index (χ3n) is 32.6. The van der Waals surface area contributed by atoms with Gasteiger partial charge in [-0.1, -0.05) is 496 Å². The molecule has 0 aliphatic heterocycles. The molecule has 0 aromatic heterocycles. The SMILES string of the molecule is CCCCCCCCC1(CCCCCCCC)c2cc(-c3ccccc3)ccc2-c2ccc(-c3ccc4c(c3)C(CCCCCCCC)(CCCCCCCC)c3cc(-c5ccc6c(c5)C(CCCCCCCC)(CCCCCCCC)c5cc(-c7ccc(N(c8ccc(N(c9ccc(-c%10ccccc%10)cc9)c9ccc(C(C)(C)C)cc9)cc8)c8ccc(C(C)(C)C)cc8)cc7)ccc5-6)ccc3-4)cc21. The van der Waals surface area contributed by atoms with Crippen LogP contribution in [0, 0.1) is 0 Å². The summed E-state index contributed by atoms with van der Waals surface area (Å²) in [4.78, 5) is 4.88. The van der Waals surface area contributed by atoms with E-state index in [0.29, 0.717) is 0 Å². The van der Waals surface area contributed by atoms with Gasteiger partial charge in [-0.2, -0.15) is 0 Å². The van der Waals surface area contributed by atoms with Gasteiger partial charge >= 0.3 is 0 Å². The lowest BCUT2D eigenvalue weighted by atomic mass is 9.69. The Morgan fingerprint density at radius 3 is 0.532 bits per heavy atom. The van der Waals surface area contributed by atoms with Crippen LogP contribution in [0.5, 0.6) is 0 Å². The van der Waals surface area contributed by atoms with E-state index in [1.165, 1.54) is 357 Å². The monoisotopic (exact) mass is 1840 g/mol. The largest absolute Gasteiger partial charge is 0.311 e. The summed E-state index contributed by atoms with van der Waals surface area (Å²) in [5, 5.41) is 0. The van der Waals surface area contributed by atoms with E-state index < -0.39 is 0 Å². The lowest BCUT2D eigenvalue weighted by Gasteiger charge is -2.34. The van der Waals surface area contributed by atoms with Crippen molar-refractivity contribution < 1.29 is 0 Å². The molecule has 726 valence electrons. The zero-order valence-corrected chi connectivity index (χ0v) is 87.8. The Labute approximate surface area is 842 Å². The molecule has 13 aromatic rings. The molecule has 0 saturated carbocycles. The fourth-order valence-corrected chi connectivity index (χ4v) is 24.5. The molecule has 2 nitrogen and oxygen atoms in total. The van der Waals surface area contributed by atoms with Crippen molar-refractivity contribution in [1.29, 1.82) is 0 Å². The first-order valence-corrected chi connectivity index (χ1v) is 56.1. The van der Waals surface area contributed by atoms with Crippen LogP contribution in [0.4, 0.5) is 34.1 Å². The second kappa shape index (κ2) is 48.3. The van der Waals surface area contributed by atoms with Gasteiger partial charge in [-0.15, -0.1) is 0 Å². The molecule has 3 aliphatic rings. The molecule has 0 bridgehead atoms. The summed E-state index contributed by atoms with van der Waals surface area (Å²) in [5.74, 6) is 0. The molecule has 0 amide bonds. The maximum Gasteiger partial charge on any atom is 0.0463 e. The number of fused-ring (bicyclic) bond motifs is 9. The summed E-state index contributed by atoms with van der Waals surface area (Å²) in [7, 11) is 0. The number of rotatable bonds is 53. The van der Waals surface area contributed by atoms with Gasteiger partial charge in [-0.25, -0.2) is 0 Å². The fourth-order valence-electron chi connectivity index (χ4n) is 24.5. The first kappa shape index (κ1) is 101. The van der Waals surface area contributed by atoms with E-state index in [0.717, 1.165) is 47.0 Å². The van der Waals surface area contributed by atoms with Gasteiger partial charge in [0.05, 0.1) is 0 Å². The van der Waals surface area contributed by atoms with Crippen LogP contribution in [0.15, 0.2) is 291 Å². The van der Waals surface area contributed by atoms with Crippen LogP contribution in [0.25, 0.3) is 89.0 Å². The van der Waals surface area contributed by atoms with E-state index in [1.54, 1.807) is 33.4 Å². The van der Waals surface area contributed by atoms with Crippen molar-refractivity contribution in [3.05, 3.63) is 336 Å². The number of hydrogen-bond acceptors (Lipinski definition) is 2. The van der Waals surface area contributed by atoms with Crippen molar-refractivity contribution in [3.63, 3.8) is 0 Å². The Morgan fingerprint density at radius 2 is 0.324 bits per heavy atom. The quantitative estimate of drug-likeness (QED) is 0.0351. The lowest BCUT2D eigenvalue weighted by Crippen LogP contribution is -2.26. The molecule has 0 unspecified atom stereocenters. The molecule has 2 heteroatoms. The molecular weight excluding hydrogens is 1670 g/mol. The first-order valence-electron chi connectivity index (χ1n) is 56.1. The van der Waals surface area contributed by atoms with E-state index in [2.05, 4.69) is 384 Å². The van der Waals surface area contributed by atoms with E-state index in [1.807, 2.05) is 0 Å². The molecule has 0 fully saturated rings. The second-order valence-corrected chi connectivity index (χ2v) is 44.5. The predicted molar refractivity (Wildman–Crippen MR) is 607 cm³/mol. The van der Waals surface area contributed by atoms with Gasteiger partial charge in [0, 0.05) is 50.4 Å². The normalized spacial score (nSPS) is 13.6. The molecule has 16 rings (SSSR count). The van der Waals surface area contributed by atoms with Crippen molar-refractivity contribution in [3.8, 4) is 89.0 Å². The molecule has 0 saturated heterocycles. The van der Waals surface area contributed by atoms with Crippen LogP contribution in [0.1, 0.15) is 397 Å². The maximum absolute atomic E-state index is 2.79. The molecule has 139 heavy (non-hydrogen) atoms. The molecule has 0 atom stereocenters. The maximum atomic E-state index is 2.79. The summed E-state index contributed by atoms with van der Waals surface area (Å²) < 4.78 is 0. The Balaban J connectivity index is 0.776. The first-order chi connectivity index (χ1) is 67.9. The minimum Gasteiger partial charge on any atom is -0.311 e. The van der Waals surface area contributed by atoms with Crippen molar-refractivity contribution >= 4 is 34.1 Å². The highest BCUT2D eigenvalue weighted by molar-refractivity contribution is 5.92. The zero-order chi connectivity index (χ0) is 96.6. The van der Waals surface area contributed by atoms with Gasteiger partial charge in [-0.05, 0) is 292 Å². The molecule has 0 spiro atoms. The van der Waals surface area contributed by atoms with Crippen LogP contribution < -0.4 is 9.80 Å². The average Bonchev–Trinajstić information content (AvgIpc) is 1.56. The Morgan fingerprint density at radius 1 is 0.165 bits per heavy atom. The standard InChI is InChI=1S/C137H168N2/c1-13-19-25-31-37-49-91-135(92-50-38-32-26-20-14-2)127-97-107(104-57-47-44-48-58-104)63-85-121(127)123-87-65-109(99-129(123)135)111-67-89-125-126-90-68-112(102-132(126)137(131(125)101-111,95-53-41-35-29-23-17-5)96-54-42-36-30-24-18-6)110-66-88-124-122-86-64-108(98-128(122)136(130(124)100-110,93-51-39-33-27-21-15-3)94-52-40-34-28-22-16-4)106-61-75-116(76-62-106)139(118-79-71-114(72-80-118)134(10,11)12)120-83-81-119(82-84-120)138(117-77-69-113(70-78-117)133(7,8)9)115-73-59-105(60-74-115)103-55-45-43-46-56-103/h43-48,55-90,97-102H,13-42,49-54,91-96H2,1-12H3. The van der Waals surface area contributed by atoms with E-state index >= 15 is 0 Å². The molecule has 0 heterocycles. The summed E-state index contributed by atoms with van der Waals surface area (Å²) >= 11 is 0. The summed E-state index contributed by atoms with van der Waals surface area (Å²) in [5.41, 5.74) is 40.7. The number of unbranched alkanes of at least 4 members (excludes halogenated alkanes) is 30. The summed E-state index contributed by atoms with van der Waals surface area (Å²) in [6.45, 7) is 28.1. The van der Waals surface area contributed by atoms with Crippen LogP contribution in [-0.4, -0.2) is 0 Å². The zero-order valence-electron chi connectivity index (χ0n) is 87.8. The lowest BCUT2D eigenvalue weighted by molar-refractivity contribution is 0.397. The average molecular weight is 1840 g/mol. The minimum absolute atomic E-state index is 0.0147. The molecule has 0 N–H and O–H groups in total. The summed E-state index contributed by atoms with van der Waals surface area (Å²) in [6, 6.07) is 116. The van der Waals surface area contributed by atoms with Gasteiger partial charge in [0.1, 0.15) is 0 Å². The molecule has 3 aliphatic carbocycles. The van der Waals surface area contributed by atoms with Crippen LogP contribution in [-0.2, 0) is 27.1 Å². The predicted octanol–water partition coefficient (Wildman–Crippen LogP) is 42.9. The Kier molecular flexibility index (Phi) is 35.2. The highest BCUT2D eigenvalue weighted by atomic mass is 15.2. The van der Waals surface area contributed by atoms with E-state index in [4.69, 9.17) is 0 Å². The highest BCUT2D eigenvalue weighted by Gasteiger charge is 2.47. The smallest absolute Gasteiger partial charge is 0.0463 e. The summed E-state index contributed by atoms with van der Waals surface area (Å²) in [6.07, 6.45) is 53.9. The number of benzene rings is 13. The Bertz CT molecular complexity index is 5980.